The number of benzene rings is 1. The molecule has 0 aliphatic carbocycles. The molecule has 0 aliphatic heterocycles. The minimum absolute atomic E-state index is 0.0372. The van der Waals surface area contributed by atoms with Crippen molar-refractivity contribution in [2.24, 2.45) is 0 Å². The first-order valence-electron chi connectivity index (χ1n) is 5.34. The zero-order valence-corrected chi connectivity index (χ0v) is 10.6. The van der Waals surface area contributed by atoms with Gasteiger partial charge in [-0.2, -0.15) is 0 Å². The van der Waals surface area contributed by atoms with Crippen LogP contribution in [0, 0.1) is 0 Å². The highest BCUT2D eigenvalue weighted by atomic mass is 32.1. The number of aromatic hydroxyl groups is 1. The molecule has 0 amide bonds. The zero-order valence-electron chi connectivity index (χ0n) is 9.79. The van der Waals surface area contributed by atoms with Gasteiger partial charge in [0.25, 0.3) is 0 Å². The van der Waals surface area contributed by atoms with Crippen LogP contribution in [0.4, 0.5) is 0 Å². The number of ketones is 1. The molecule has 2 rings (SSSR count). The number of thiophene rings is 1. The van der Waals surface area contributed by atoms with E-state index in [1.54, 1.807) is 30.3 Å². The highest BCUT2D eigenvalue weighted by Gasteiger charge is 2.06. The SMILES string of the molecule is COc1cccc(C=CC(=O)c2cccs2)c1O. The fraction of sp³-hybridized carbons (Fsp3) is 0.0714. The zero-order chi connectivity index (χ0) is 13.0. The number of ether oxygens (including phenoxy) is 1. The Hall–Kier alpha value is -2.07. The number of hydrogen-bond donors (Lipinski definition) is 1. The summed E-state index contributed by atoms with van der Waals surface area (Å²) in [5.74, 6) is 0.350. The lowest BCUT2D eigenvalue weighted by molar-refractivity contribution is 0.105. The van der Waals surface area contributed by atoms with Crippen LogP contribution in [-0.2, 0) is 0 Å². The molecule has 0 radical (unpaired) electrons. The lowest BCUT2D eigenvalue weighted by Crippen LogP contribution is -1.89. The molecule has 1 aromatic heterocycles. The maximum atomic E-state index is 11.8. The summed E-state index contributed by atoms with van der Waals surface area (Å²) < 4.78 is 5.00. The van der Waals surface area contributed by atoms with Crippen LogP contribution in [0.15, 0.2) is 41.8 Å². The van der Waals surface area contributed by atoms with Gasteiger partial charge in [-0.05, 0) is 29.7 Å². The Kier molecular flexibility index (Phi) is 3.79. The normalized spacial score (nSPS) is 10.7. The van der Waals surface area contributed by atoms with Crippen molar-refractivity contribution >= 4 is 23.2 Å². The third kappa shape index (κ3) is 2.60. The van der Waals surface area contributed by atoms with Crippen LogP contribution < -0.4 is 4.74 Å². The first kappa shape index (κ1) is 12.4. The van der Waals surface area contributed by atoms with E-state index in [1.165, 1.54) is 24.5 Å². The van der Waals surface area contributed by atoms with Gasteiger partial charge >= 0.3 is 0 Å². The molecule has 0 saturated carbocycles. The third-order valence-electron chi connectivity index (χ3n) is 2.43. The second-order valence-electron chi connectivity index (χ2n) is 3.57. The molecule has 92 valence electrons. The number of hydrogen-bond acceptors (Lipinski definition) is 4. The van der Waals surface area contributed by atoms with Gasteiger partial charge in [0.2, 0.25) is 0 Å². The van der Waals surface area contributed by atoms with Crippen molar-refractivity contribution in [3.05, 3.63) is 52.2 Å². The average molecular weight is 260 g/mol. The Labute approximate surface area is 109 Å². The topological polar surface area (TPSA) is 46.5 Å². The molecule has 4 heteroatoms. The molecule has 0 bridgehead atoms. The molecule has 0 spiro atoms. The second kappa shape index (κ2) is 5.51. The minimum Gasteiger partial charge on any atom is -0.504 e. The molecule has 0 atom stereocenters. The average Bonchev–Trinajstić information content (AvgIpc) is 2.91. The summed E-state index contributed by atoms with van der Waals surface area (Å²) in [6.07, 6.45) is 3.03. The van der Waals surface area contributed by atoms with Gasteiger partial charge in [-0.15, -0.1) is 11.3 Å². The number of carbonyl (C=O) groups is 1. The predicted octanol–water partition coefficient (Wildman–Crippen LogP) is 3.36. The van der Waals surface area contributed by atoms with E-state index in [-0.39, 0.29) is 11.5 Å². The second-order valence-corrected chi connectivity index (χ2v) is 4.52. The third-order valence-corrected chi connectivity index (χ3v) is 3.31. The van der Waals surface area contributed by atoms with Gasteiger partial charge in [0.15, 0.2) is 17.3 Å². The van der Waals surface area contributed by atoms with Crippen LogP contribution in [0.5, 0.6) is 11.5 Å². The highest BCUT2D eigenvalue weighted by Crippen LogP contribution is 2.30. The Morgan fingerprint density at radius 2 is 2.17 bits per heavy atom. The van der Waals surface area contributed by atoms with E-state index in [1.807, 2.05) is 11.4 Å². The van der Waals surface area contributed by atoms with Crippen LogP contribution in [0.1, 0.15) is 15.2 Å². The molecule has 1 heterocycles. The molecule has 0 aliphatic rings. The van der Waals surface area contributed by atoms with Gasteiger partial charge in [-0.25, -0.2) is 0 Å². The van der Waals surface area contributed by atoms with Gasteiger partial charge in [0.1, 0.15) is 0 Å². The van der Waals surface area contributed by atoms with Gasteiger partial charge in [-0.3, -0.25) is 4.79 Å². The molecular formula is C14H12O3S. The van der Waals surface area contributed by atoms with Gasteiger partial charge in [0, 0.05) is 5.56 Å². The van der Waals surface area contributed by atoms with E-state index in [0.29, 0.717) is 16.2 Å². The Balaban J connectivity index is 2.22. The summed E-state index contributed by atoms with van der Waals surface area (Å²) in [5, 5.41) is 11.7. The number of phenols is 1. The van der Waals surface area contributed by atoms with Crippen molar-refractivity contribution in [2.45, 2.75) is 0 Å². The van der Waals surface area contributed by atoms with Crippen LogP contribution in [0.25, 0.3) is 6.08 Å². The van der Waals surface area contributed by atoms with Gasteiger partial charge in [-0.1, -0.05) is 18.2 Å². The smallest absolute Gasteiger partial charge is 0.195 e. The summed E-state index contributed by atoms with van der Waals surface area (Å²) in [5.41, 5.74) is 0.555. The van der Waals surface area contributed by atoms with Crippen molar-refractivity contribution in [1.29, 1.82) is 0 Å². The van der Waals surface area contributed by atoms with Crippen LogP contribution in [0.3, 0.4) is 0 Å². The molecule has 18 heavy (non-hydrogen) atoms. The highest BCUT2D eigenvalue weighted by molar-refractivity contribution is 7.12. The standard InChI is InChI=1S/C14H12O3S/c1-17-12-5-2-4-10(14(12)16)7-8-11(15)13-6-3-9-18-13/h2-9,16H,1H3. The molecule has 3 nitrogen and oxygen atoms in total. The summed E-state index contributed by atoms with van der Waals surface area (Å²) in [6, 6.07) is 8.73. The number of methoxy groups -OCH3 is 1. The molecule has 0 unspecified atom stereocenters. The van der Waals surface area contributed by atoms with Crippen LogP contribution >= 0.6 is 11.3 Å². The Morgan fingerprint density at radius 1 is 1.33 bits per heavy atom. The first-order valence-corrected chi connectivity index (χ1v) is 6.22. The van der Waals surface area contributed by atoms with Crippen molar-refractivity contribution in [3.8, 4) is 11.5 Å². The molecule has 2 aromatic rings. The molecule has 0 fully saturated rings. The fourth-order valence-electron chi connectivity index (χ4n) is 1.50. The summed E-state index contributed by atoms with van der Waals surface area (Å²) in [7, 11) is 1.49. The Bertz CT molecular complexity index is 571. The molecule has 1 N–H and O–H groups in total. The van der Waals surface area contributed by atoms with Crippen LogP contribution in [-0.4, -0.2) is 18.0 Å². The van der Waals surface area contributed by atoms with Gasteiger partial charge in [0.05, 0.1) is 12.0 Å². The number of allylic oxidation sites excluding steroid dienone is 1. The lowest BCUT2D eigenvalue weighted by atomic mass is 10.1. The summed E-state index contributed by atoms with van der Waals surface area (Å²) in [6.45, 7) is 0. The number of rotatable bonds is 4. The van der Waals surface area contributed by atoms with E-state index in [0.717, 1.165) is 0 Å². The first-order chi connectivity index (χ1) is 8.72. The fourth-order valence-corrected chi connectivity index (χ4v) is 2.15. The van der Waals surface area contributed by atoms with E-state index in [2.05, 4.69) is 0 Å². The van der Waals surface area contributed by atoms with E-state index >= 15 is 0 Å². The largest absolute Gasteiger partial charge is 0.504 e. The molecule has 1 aromatic carbocycles. The van der Waals surface area contributed by atoms with Crippen molar-refractivity contribution in [3.63, 3.8) is 0 Å². The molecular weight excluding hydrogens is 248 g/mol. The van der Waals surface area contributed by atoms with Crippen molar-refractivity contribution in [2.75, 3.05) is 7.11 Å². The number of para-hydroxylation sites is 1. The van der Waals surface area contributed by atoms with Gasteiger partial charge < -0.3 is 9.84 Å². The maximum absolute atomic E-state index is 11.8. The maximum Gasteiger partial charge on any atom is 0.195 e. The number of phenolic OH excluding ortho intramolecular Hbond substituents is 1. The minimum atomic E-state index is -0.0766. The van der Waals surface area contributed by atoms with Crippen molar-refractivity contribution in [1.82, 2.24) is 0 Å². The number of carbonyl (C=O) groups excluding carboxylic acids is 1. The van der Waals surface area contributed by atoms with E-state index < -0.39 is 0 Å². The quantitative estimate of drug-likeness (QED) is 0.677. The monoisotopic (exact) mass is 260 g/mol. The summed E-state index contributed by atoms with van der Waals surface area (Å²) in [4.78, 5) is 12.4. The van der Waals surface area contributed by atoms with Crippen molar-refractivity contribution < 1.29 is 14.6 Å². The summed E-state index contributed by atoms with van der Waals surface area (Å²) >= 11 is 1.39. The van der Waals surface area contributed by atoms with E-state index in [4.69, 9.17) is 4.74 Å². The van der Waals surface area contributed by atoms with E-state index in [9.17, 15) is 9.90 Å². The lowest BCUT2D eigenvalue weighted by Gasteiger charge is -2.04. The predicted molar refractivity (Wildman–Crippen MR) is 72.3 cm³/mol. The molecule has 0 saturated heterocycles. The van der Waals surface area contributed by atoms with Crippen LogP contribution in [0.2, 0.25) is 0 Å². The Morgan fingerprint density at radius 3 is 2.83 bits per heavy atom.